The molecule has 0 aliphatic heterocycles. The van der Waals surface area contributed by atoms with Crippen molar-refractivity contribution in [1.82, 2.24) is 9.55 Å². The van der Waals surface area contributed by atoms with Gasteiger partial charge in [0.15, 0.2) is 0 Å². The van der Waals surface area contributed by atoms with E-state index in [1.165, 1.54) is 17.4 Å². The third kappa shape index (κ3) is 8.97. The maximum Gasteiger partial charge on any atom is 0.328 e. The van der Waals surface area contributed by atoms with Crippen molar-refractivity contribution in [1.29, 1.82) is 0 Å². The number of nitrogens with one attached hydrogen (secondary N) is 1. The first-order valence-electron chi connectivity index (χ1n) is 9.57. The van der Waals surface area contributed by atoms with Crippen molar-refractivity contribution in [3.05, 3.63) is 32.9 Å². The van der Waals surface area contributed by atoms with Crippen LogP contribution in [-0.2, 0) is 16.1 Å². The Morgan fingerprint density at radius 2 is 1.58 bits per heavy atom. The molecule has 0 bridgehead atoms. The van der Waals surface area contributed by atoms with Gasteiger partial charge in [-0.25, -0.2) is 4.79 Å². The molecule has 0 amide bonds. The van der Waals surface area contributed by atoms with Crippen molar-refractivity contribution in [3.63, 3.8) is 0 Å². The van der Waals surface area contributed by atoms with E-state index < -0.39 is 17.1 Å². The summed E-state index contributed by atoms with van der Waals surface area (Å²) in [5, 5.41) is 0. The number of halogens is 1. The molecule has 26 heavy (non-hydrogen) atoms. The van der Waals surface area contributed by atoms with Crippen molar-refractivity contribution in [2.45, 2.75) is 78.2 Å². The Kier molecular flexibility index (Phi) is 10.6. The Balaban J connectivity index is 1.95. The van der Waals surface area contributed by atoms with E-state index in [4.69, 9.17) is 4.74 Å². The van der Waals surface area contributed by atoms with Crippen molar-refractivity contribution < 1.29 is 13.9 Å². The van der Waals surface area contributed by atoms with Gasteiger partial charge in [0.2, 0.25) is 5.82 Å². The van der Waals surface area contributed by atoms with Crippen LogP contribution in [0.5, 0.6) is 0 Å². The third-order valence-electron chi connectivity index (χ3n) is 4.23. The second kappa shape index (κ2) is 12.4. The summed E-state index contributed by atoms with van der Waals surface area (Å²) >= 11 is 0. The normalized spacial score (nSPS) is 11.1. The van der Waals surface area contributed by atoms with Gasteiger partial charge in [0, 0.05) is 6.54 Å². The Morgan fingerprint density at radius 3 is 2.15 bits per heavy atom. The number of ether oxygens (including phenoxy) is 1. The SMILES string of the molecule is CC(C)C(=O)OCCCCCCCCCCCn1cc(F)c(=O)[nH]c1=O. The lowest BCUT2D eigenvalue weighted by Gasteiger charge is -2.07. The largest absolute Gasteiger partial charge is 0.465 e. The van der Waals surface area contributed by atoms with Crippen LogP contribution in [0.4, 0.5) is 4.39 Å². The van der Waals surface area contributed by atoms with E-state index in [-0.39, 0.29) is 11.9 Å². The van der Waals surface area contributed by atoms with Crippen LogP contribution < -0.4 is 11.2 Å². The number of H-pyrrole nitrogens is 1. The van der Waals surface area contributed by atoms with Crippen LogP contribution in [0.2, 0.25) is 0 Å². The molecule has 1 rings (SSSR count). The molecule has 1 aromatic rings. The molecule has 0 unspecified atom stereocenters. The molecule has 1 heterocycles. The average molecular weight is 370 g/mol. The molecular formula is C19H31FN2O4. The lowest BCUT2D eigenvalue weighted by molar-refractivity contribution is -0.147. The van der Waals surface area contributed by atoms with Gasteiger partial charge in [-0.3, -0.25) is 19.1 Å². The highest BCUT2D eigenvalue weighted by Crippen LogP contribution is 2.10. The summed E-state index contributed by atoms with van der Waals surface area (Å²) in [4.78, 5) is 35.7. The summed E-state index contributed by atoms with van der Waals surface area (Å²) in [6.45, 7) is 4.60. The fourth-order valence-electron chi connectivity index (χ4n) is 2.61. The van der Waals surface area contributed by atoms with E-state index in [1.807, 2.05) is 18.8 Å². The Bertz CT molecular complexity index is 652. The molecule has 0 atom stereocenters. The van der Waals surface area contributed by atoms with Crippen molar-refractivity contribution in [3.8, 4) is 0 Å². The van der Waals surface area contributed by atoms with Gasteiger partial charge in [-0.05, 0) is 12.8 Å². The molecule has 0 radical (unpaired) electrons. The summed E-state index contributed by atoms with van der Waals surface area (Å²) in [5.41, 5.74) is -1.53. The van der Waals surface area contributed by atoms with Crippen LogP contribution in [0.25, 0.3) is 0 Å². The zero-order valence-corrected chi connectivity index (χ0v) is 15.9. The standard InChI is InChI=1S/C19H31FN2O4/c1-15(2)18(24)26-13-11-9-7-5-3-4-6-8-10-12-22-14-16(20)17(23)21-19(22)25/h14-15H,3-13H2,1-2H3,(H,21,23,25). The average Bonchev–Trinajstić information content (AvgIpc) is 2.59. The first kappa shape index (κ1) is 22.1. The van der Waals surface area contributed by atoms with Crippen molar-refractivity contribution in [2.24, 2.45) is 5.92 Å². The third-order valence-corrected chi connectivity index (χ3v) is 4.23. The van der Waals surface area contributed by atoms with Gasteiger partial charge < -0.3 is 4.74 Å². The summed E-state index contributed by atoms with van der Waals surface area (Å²) in [6.07, 6.45) is 10.4. The smallest absolute Gasteiger partial charge is 0.328 e. The zero-order valence-electron chi connectivity index (χ0n) is 15.9. The molecule has 0 spiro atoms. The van der Waals surface area contributed by atoms with Gasteiger partial charge in [-0.2, -0.15) is 4.39 Å². The van der Waals surface area contributed by atoms with Gasteiger partial charge >= 0.3 is 11.7 Å². The lowest BCUT2D eigenvalue weighted by atomic mass is 10.1. The summed E-state index contributed by atoms with van der Waals surface area (Å²) in [6, 6.07) is 0. The van der Waals surface area contributed by atoms with Crippen LogP contribution in [-0.4, -0.2) is 22.1 Å². The van der Waals surface area contributed by atoms with E-state index in [2.05, 4.69) is 0 Å². The number of aryl methyl sites for hydroxylation is 1. The number of carbonyl (C=O) groups excluding carboxylic acids is 1. The van der Waals surface area contributed by atoms with Crippen LogP contribution in [0, 0.1) is 11.7 Å². The molecule has 7 heteroatoms. The minimum absolute atomic E-state index is 0.0585. The second-order valence-electron chi connectivity index (χ2n) is 6.93. The Morgan fingerprint density at radius 1 is 1.04 bits per heavy atom. The van der Waals surface area contributed by atoms with E-state index in [1.54, 1.807) is 0 Å². The number of esters is 1. The molecule has 0 aromatic carbocycles. The molecule has 1 N–H and O–H groups in total. The fourth-order valence-corrected chi connectivity index (χ4v) is 2.61. The van der Waals surface area contributed by atoms with Gasteiger partial charge in [0.1, 0.15) is 0 Å². The summed E-state index contributed by atoms with van der Waals surface area (Å²) < 4.78 is 19.5. The van der Waals surface area contributed by atoms with Gasteiger partial charge in [0.25, 0.3) is 5.56 Å². The number of carbonyl (C=O) groups is 1. The summed E-state index contributed by atoms with van der Waals surface area (Å²) in [5.74, 6) is -1.11. The predicted octanol–water partition coefficient (Wildman–Crippen LogP) is 3.39. The van der Waals surface area contributed by atoms with Crippen molar-refractivity contribution in [2.75, 3.05) is 6.61 Å². The van der Waals surface area contributed by atoms with E-state index in [0.717, 1.165) is 51.1 Å². The van der Waals surface area contributed by atoms with E-state index >= 15 is 0 Å². The number of aromatic nitrogens is 2. The van der Waals surface area contributed by atoms with Gasteiger partial charge in [-0.15, -0.1) is 0 Å². The van der Waals surface area contributed by atoms with Gasteiger partial charge in [0.05, 0.1) is 18.7 Å². The lowest BCUT2D eigenvalue weighted by Crippen LogP contribution is -2.31. The van der Waals surface area contributed by atoms with E-state index in [9.17, 15) is 18.8 Å². The van der Waals surface area contributed by atoms with Crippen molar-refractivity contribution >= 4 is 5.97 Å². The topological polar surface area (TPSA) is 81.2 Å². The predicted molar refractivity (Wildman–Crippen MR) is 98.6 cm³/mol. The van der Waals surface area contributed by atoms with Crippen LogP contribution in [0.1, 0.15) is 71.6 Å². The quantitative estimate of drug-likeness (QED) is 0.426. The molecule has 1 aromatic heterocycles. The first-order chi connectivity index (χ1) is 12.4. The number of rotatable bonds is 13. The zero-order chi connectivity index (χ0) is 19.4. The molecule has 0 saturated heterocycles. The van der Waals surface area contributed by atoms with Gasteiger partial charge in [-0.1, -0.05) is 58.8 Å². The molecule has 6 nitrogen and oxygen atoms in total. The summed E-state index contributed by atoms with van der Waals surface area (Å²) in [7, 11) is 0. The van der Waals surface area contributed by atoms with E-state index in [0.29, 0.717) is 13.2 Å². The number of hydrogen-bond donors (Lipinski definition) is 1. The molecular weight excluding hydrogens is 339 g/mol. The second-order valence-corrected chi connectivity index (χ2v) is 6.93. The fraction of sp³-hybridized carbons (Fsp3) is 0.737. The van der Waals surface area contributed by atoms with Crippen LogP contribution in [0.3, 0.4) is 0 Å². The number of nitrogens with zero attached hydrogens (tertiary/aromatic N) is 1. The molecule has 0 fully saturated rings. The number of hydrogen-bond acceptors (Lipinski definition) is 4. The number of aromatic amines is 1. The highest BCUT2D eigenvalue weighted by molar-refractivity contribution is 5.71. The molecule has 148 valence electrons. The molecule has 0 saturated carbocycles. The minimum atomic E-state index is -0.968. The monoisotopic (exact) mass is 370 g/mol. The van der Waals surface area contributed by atoms with Crippen LogP contribution in [0.15, 0.2) is 15.8 Å². The Hall–Kier alpha value is -1.92. The maximum absolute atomic E-state index is 13.1. The molecule has 0 aliphatic carbocycles. The highest BCUT2D eigenvalue weighted by Gasteiger charge is 2.07. The number of unbranched alkanes of at least 4 members (excludes halogenated alkanes) is 8. The molecule has 0 aliphatic rings. The van der Waals surface area contributed by atoms with Crippen LogP contribution >= 0.6 is 0 Å². The highest BCUT2D eigenvalue weighted by atomic mass is 19.1. The first-order valence-corrected chi connectivity index (χ1v) is 9.57. The maximum atomic E-state index is 13.1. The minimum Gasteiger partial charge on any atom is -0.465 e. The Labute approximate surface area is 153 Å².